The van der Waals surface area contributed by atoms with E-state index in [1.54, 1.807) is 11.3 Å². The zero-order valence-corrected chi connectivity index (χ0v) is 14.1. The van der Waals surface area contributed by atoms with Crippen LogP contribution in [0.5, 0.6) is 5.75 Å². The van der Waals surface area contributed by atoms with Crippen molar-refractivity contribution in [3.63, 3.8) is 0 Å². The summed E-state index contributed by atoms with van der Waals surface area (Å²) in [4.78, 5) is 1.28. The summed E-state index contributed by atoms with van der Waals surface area (Å²) in [5, 5.41) is 5.70. The van der Waals surface area contributed by atoms with Crippen LogP contribution in [0, 0.1) is 6.92 Å². The van der Waals surface area contributed by atoms with Crippen LogP contribution in [-0.2, 0) is 0 Å². The lowest BCUT2D eigenvalue weighted by Crippen LogP contribution is -2.28. The maximum atomic E-state index is 6.23. The second-order valence-corrected chi connectivity index (χ2v) is 6.93. The number of thiophene rings is 1. The molecule has 3 rings (SSSR count). The third-order valence-electron chi connectivity index (χ3n) is 3.65. The lowest BCUT2D eigenvalue weighted by Gasteiger charge is -2.32. The van der Waals surface area contributed by atoms with E-state index in [1.807, 2.05) is 0 Å². The Labute approximate surface area is 132 Å². The molecule has 0 aliphatic carbocycles. The number of benzene rings is 1. The molecule has 0 amide bonds. The highest BCUT2D eigenvalue weighted by Crippen LogP contribution is 2.44. The predicted octanol–water partition coefficient (Wildman–Crippen LogP) is 4.99. The molecule has 2 heterocycles. The van der Waals surface area contributed by atoms with Crippen LogP contribution in [0.25, 0.3) is 0 Å². The van der Waals surface area contributed by atoms with Gasteiger partial charge in [-0.1, -0.05) is 24.6 Å². The topological polar surface area (TPSA) is 21.3 Å². The molecular formula is C16H18BrNOS. The highest BCUT2D eigenvalue weighted by Gasteiger charge is 2.30. The molecule has 1 N–H and O–H groups in total. The second kappa shape index (κ2) is 5.88. The standard InChI is InChI=1S/C16H18BrNOS/c1-3-18-13-9-15(16-12(17)6-7-20-16)19-14-5-4-10(2)8-11(13)14/h4-8,13,15,18H,3,9H2,1-2H3. The van der Waals surface area contributed by atoms with Crippen molar-refractivity contribution in [3.8, 4) is 5.75 Å². The second-order valence-electron chi connectivity index (χ2n) is 5.13. The smallest absolute Gasteiger partial charge is 0.136 e. The van der Waals surface area contributed by atoms with Crippen LogP contribution >= 0.6 is 27.3 Å². The molecule has 0 spiro atoms. The quantitative estimate of drug-likeness (QED) is 0.840. The third-order valence-corrected chi connectivity index (χ3v) is 5.61. The van der Waals surface area contributed by atoms with Gasteiger partial charge in [0.05, 0.1) is 4.88 Å². The minimum atomic E-state index is 0.128. The Bertz CT molecular complexity index is 610. The molecule has 0 saturated heterocycles. The Balaban J connectivity index is 1.96. The summed E-state index contributed by atoms with van der Waals surface area (Å²) in [6, 6.07) is 8.91. The molecule has 2 nitrogen and oxygen atoms in total. The zero-order chi connectivity index (χ0) is 14.1. The molecule has 1 aliphatic heterocycles. The van der Waals surface area contributed by atoms with Crippen molar-refractivity contribution in [1.29, 1.82) is 0 Å². The van der Waals surface area contributed by atoms with Gasteiger partial charge >= 0.3 is 0 Å². The molecule has 2 atom stereocenters. The van der Waals surface area contributed by atoms with Gasteiger partial charge in [0, 0.05) is 22.5 Å². The van der Waals surface area contributed by atoms with E-state index in [-0.39, 0.29) is 6.10 Å². The van der Waals surface area contributed by atoms with Crippen LogP contribution in [0.15, 0.2) is 34.1 Å². The Kier molecular flexibility index (Phi) is 4.15. The number of fused-ring (bicyclic) bond motifs is 1. The molecule has 0 bridgehead atoms. The molecule has 0 radical (unpaired) electrons. The minimum Gasteiger partial charge on any atom is -0.484 e. The Morgan fingerprint density at radius 1 is 1.40 bits per heavy atom. The molecule has 4 heteroatoms. The Morgan fingerprint density at radius 2 is 2.25 bits per heavy atom. The first-order valence-electron chi connectivity index (χ1n) is 6.92. The van der Waals surface area contributed by atoms with E-state index in [1.165, 1.54) is 16.0 Å². The van der Waals surface area contributed by atoms with Gasteiger partial charge in [-0.3, -0.25) is 0 Å². The first-order chi connectivity index (χ1) is 9.69. The molecule has 20 heavy (non-hydrogen) atoms. The number of hydrogen-bond donors (Lipinski definition) is 1. The van der Waals surface area contributed by atoms with Crippen LogP contribution in [-0.4, -0.2) is 6.54 Å². The average Bonchev–Trinajstić information content (AvgIpc) is 2.85. The minimum absolute atomic E-state index is 0.128. The number of nitrogens with one attached hydrogen (secondary N) is 1. The zero-order valence-electron chi connectivity index (χ0n) is 11.7. The van der Waals surface area contributed by atoms with Gasteiger partial charge in [-0.25, -0.2) is 0 Å². The fraction of sp³-hybridized carbons (Fsp3) is 0.375. The van der Waals surface area contributed by atoms with E-state index in [2.05, 4.69) is 64.7 Å². The highest BCUT2D eigenvalue weighted by atomic mass is 79.9. The maximum Gasteiger partial charge on any atom is 0.136 e. The van der Waals surface area contributed by atoms with Crippen molar-refractivity contribution >= 4 is 27.3 Å². The van der Waals surface area contributed by atoms with Crippen molar-refractivity contribution in [1.82, 2.24) is 5.32 Å². The normalized spacial score (nSPS) is 21.4. The lowest BCUT2D eigenvalue weighted by molar-refractivity contribution is 0.154. The van der Waals surface area contributed by atoms with Gasteiger partial charge in [0.1, 0.15) is 11.9 Å². The van der Waals surface area contributed by atoms with Gasteiger partial charge in [0.25, 0.3) is 0 Å². The van der Waals surface area contributed by atoms with Crippen molar-refractivity contribution in [3.05, 3.63) is 50.1 Å². The van der Waals surface area contributed by atoms with Crippen LogP contribution in [0.4, 0.5) is 0 Å². The van der Waals surface area contributed by atoms with Gasteiger partial charge in [-0.2, -0.15) is 0 Å². The van der Waals surface area contributed by atoms with Crippen molar-refractivity contribution in [2.24, 2.45) is 0 Å². The number of ether oxygens (including phenoxy) is 1. The summed E-state index contributed by atoms with van der Waals surface area (Å²) in [7, 11) is 0. The lowest BCUT2D eigenvalue weighted by atomic mass is 9.94. The molecule has 1 aromatic heterocycles. The Hall–Kier alpha value is -0.840. The fourth-order valence-corrected chi connectivity index (χ4v) is 4.40. The van der Waals surface area contributed by atoms with Gasteiger partial charge in [-0.15, -0.1) is 11.3 Å². The number of halogens is 1. The van der Waals surface area contributed by atoms with E-state index in [0.717, 1.165) is 23.2 Å². The van der Waals surface area contributed by atoms with Crippen LogP contribution in [0.2, 0.25) is 0 Å². The van der Waals surface area contributed by atoms with Crippen LogP contribution in [0.1, 0.15) is 41.5 Å². The molecule has 106 valence electrons. The number of hydrogen-bond acceptors (Lipinski definition) is 3. The van der Waals surface area contributed by atoms with E-state index in [4.69, 9.17) is 4.74 Å². The largest absolute Gasteiger partial charge is 0.484 e. The summed E-state index contributed by atoms with van der Waals surface area (Å²) in [6.07, 6.45) is 1.10. The molecule has 2 aromatic rings. The summed E-state index contributed by atoms with van der Waals surface area (Å²) in [6.45, 7) is 5.25. The molecule has 0 fully saturated rings. The Morgan fingerprint density at radius 3 is 2.95 bits per heavy atom. The molecule has 1 aliphatic rings. The maximum absolute atomic E-state index is 6.23. The molecule has 0 saturated carbocycles. The van der Waals surface area contributed by atoms with E-state index in [0.29, 0.717) is 6.04 Å². The fourth-order valence-electron chi connectivity index (χ4n) is 2.73. The van der Waals surface area contributed by atoms with Crippen LogP contribution in [0.3, 0.4) is 0 Å². The summed E-state index contributed by atoms with van der Waals surface area (Å²) in [5.41, 5.74) is 2.57. The van der Waals surface area contributed by atoms with E-state index in [9.17, 15) is 0 Å². The van der Waals surface area contributed by atoms with Crippen molar-refractivity contribution in [2.45, 2.75) is 32.4 Å². The monoisotopic (exact) mass is 351 g/mol. The predicted molar refractivity (Wildman–Crippen MR) is 87.6 cm³/mol. The summed E-state index contributed by atoms with van der Waals surface area (Å²) in [5.74, 6) is 1.01. The summed E-state index contributed by atoms with van der Waals surface area (Å²) >= 11 is 5.38. The van der Waals surface area contributed by atoms with Crippen molar-refractivity contribution < 1.29 is 4.74 Å². The van der Waals surface area contributed by atoms with Gasteiger partial charge in [-0.05, 0) is 46.9 Å². The van der Waals surface area contributed by atoms with Gasteiger partial charge in [0.2, 0.25) is 0 Å². The van der Waals surface area contributed by atoms with Gasteiger partial charge < -0.3 is 10.1 Å². The van der Waals surface area contributed by atoms with Gasteiger partial charge in [0.15, 0.2) is 0 Å². The van der Waals surface area contributed by atoms with E-state index < -0.39 is 0 Å². The van der Waals surface area contributed by atoms with E-state index >= 15 is 0 Å². The number of aryl methyl sites for hydroxylation is 1. The summed E-state index contributed by atoms with van der Waals surface area (Å²) < 4.78 is 7.38. The third kappa shape index (κ3) is 2.65. The molecule has 2 unspecified atom stereocenters. The number of rotatable bonds is 3. The highest BCUT2D eigenvalue weighted by molar-refractivity contribution is 9.10. The van der Waals surface area contributed by atoms with Crippen LogP contribution < -0.4 is 10.1 Å². The first kappa shape index (κ1) is 14.1. The average molecular weight is 352 g/mol. The molecule has 1 aromatic carbocycles. The van der Waals surface area contributed by atoms with Crippen molar-refractivity contribution in [2.75, 3.05) is 6.54 Å². The SMILES string of the molecule is CCNC1CC(c2sccc2Br)Oc2ccc(C)cc21. The first-order valence-corrected chi connectivity index (χ1v) is 8.59. The molecular weight excluding hydrogens is 334 g/mol.